The maximum atomic E-state index is 12.8. The zero-order valence-electron chi connectivity index (χ0n) is 15.9. The summed E-state index contributed by atoms with van der Waals surface area (Å²) in [7, 11) is 1.44. The second kappa shape index (κ2) is 7.24. The Morgan fingerprint density at radius 1 is 1.22 bits per heavy atom. The summed E-state index contributed by atoms with van der Waals surface area (Å²) in [5.41, 5.74) is 0.982. The lowest BCUT2D eigenvalue weighted by atomic mass is 9.64. The van der Waals surface area contributed by atoms with Gasteiger partial charge in [-0.2, -0.15) is 0 Å². The molecule has 4 rings (SSSR count). The van der Waals surface area contributed by atoms with Gasteiger partial charge in [0, 0.05) is 5.69 Å². The number of carbonyl (C=O) groups excluding carboxylic acids is 2. The number of rotatable bonds is 4. The third-order valence-electron chi connectivity index (χ3n) is 6.56. The summed E-state index contributed by atoms with van der Waals surface area (Å²) in [5.74, 6) is -0.303. The van der Waals surface area contributed by atoms with Crippen LogP contribution in [0.3, 0.4) is 0 Å². The molecule has 6 nitrogen and oxygen atoms in total. The molecule has 0 bridgehead atoms. The molecule has 27 heavy (non-hydrogen) atoms. The molecule has 2 aliphatic heterocycles. The Morgan fingerprint density at radius 2 is 2.00 bits per heavy atom. The van der Waals surface area contributed by atoms with Gasteiger partial charge >= 0.3 is 5.97 Å². The highest BCUT2D eigenvalue weighted by atomic mass is 16.5. The molecule has 146 valence electrons. The normalized spacial score (nSPS) is 25.6. The van der Waals surface area contributed by atoms with Crippen molar-refractivity contribution in [2.45, 2.75) is 49.5 Å². The number of hydrogen-bond acceptors (Lipinski definition) is 5. The topological polar surface area (TPSA) is 76.7 Å². The maximum absolute atomic E-state index is 12.8. The predicted octanol–water partition coefficient (Wildman–Crippen LogP) is 2.38. The van der Waals surface area contributed by atoms with Crippen LogP contribution in [-0.2, 0) is 24.5 Å². The predicted molar refractivity (Wildman–Crippen MR) is 102 cm³/mol. The first-order chi connectivity index (χ1) is 13.1. The lowest BCUT2D eigenvalue weighted by Crippen LogP contribution is -2.43. The van der Waals surface area contributed by atoms with E-state index in [1.165, 1.54) is 7.11 Å². The molecule has 1 atom stereocenters. The van der Waals surface area contributed by atoms with E-state index in [1.807, 2.05) is 24.3 Å². The van der Waals surface area contributed by atoms with Crippen molar-refractivity contribution < 1.29 is 19.1 Å². The Morgan fingerprint density at radius 3 is 2.67 bits per heavy atom. The number of carbonyl (C=O) groups is 2. The number of methoxy groups -OCH3 is 1. The quantitative estimate of drug-likeness (QED) is 0.794. The zero-order chi connectivity index (χ0) is 18.9. The molecule has 6 heteroatoms. The highest BCUT2D eigenvalue weighted by Crippen LogP contribution is 2.45. The highest BCUT2D eigenvalue weighted by Gasteiger charge is 2.47. The summed E-state index contributed by atoms with van der Waals surface area (Å²) in [4.78, 5) is 25.1. The van der Waals surface area contributed by atoms with Crippen LogP contribution in [-0.4, -0.2) is 44.3 Å². The van der Waals surface area contributed by atoms with Crippen molar-refractivity contribution in [2.24, 2.45) is 5.92 Å². The van der Waals surface area contributed by atoms with Gasteiger partial charge in [0.15, 0.2) is 0 Å². The van der Waals surface area contributed by atoms with Crippen molar-refractivity contribution in [1.82, 2.24) is 5.32 Å². The van der Waals surface area contributed by atoms with Crippen LogP contribution in [0.1, 0.15) is 44.1 Å². The Balaban J connectivity index is 1.44. The molecule has 0 radical (unpaired) electrons. The minimum absolute atomic E-state index is 0.00304. The van der Waals surface area contributed by atoms with Crippen LogP contribution < -0.4 is 10.6 Å². The Labute approximate surface area is 160 Å². The molecule has 2 N–H and O–H groups in total. The monoisotopic (exact) mass is 372 g/mol. The molecule has 1 aromatic carbocycles. The summed E-state index contributed by atoms with van der Waals surface area (Å²) < 4.78 is 11.1. The number of esters is 1. The van der Waals surface area contributed by atoms with Gasteiger partial charge in [0.1, 0.15) is 0 Å². The largest absolute Gasteiger partial charge is 0.468 e. The van der Waals surface area contributed by atoms with Gasteiger partial charge in [0.25, 0.3) is 0 Å². The number of anilines is 1. The van der Waals surface area contributed by atoms with Gasteiger partial charge in [0.2, 0.25) is 5.91 Å². The van der Waals surface area contributed by atoms with E-state index in [0.717, 1.165) is 62.9 Å². The van der Waals surface area contributed by atoms with Gasteiger partial charge in [-0.3, -0.25) is 9.59 Å². The number of ether oxygens (including phenoxy) is 2. The van der Waals surface area contributed by atoms with Crippen LogP contribution in [0.2, 0.25) is 0 Å². The lowest BCUT2D eigenvalue weighted by molar-refractivity contribution is -0.151. The van der Waals surface area contributed by atoms with Crippen molar-refractivity contribution >= 4 is 17.6 Å². The second-order valence-corrected chi connectivity index (χ2v) is 8.14. The van der Waals surface area contributed by atoms with Crippen molar-refractivity contribution in [3.63, 3.8) is 0 Å². The van der Waals surface area contributed by atoms with Crippen LogP contribution in [0.25, 0.3) is 0 Å². The summed E-state index contributed by atoms with van der Waals surface area (Å²) in [6, 6.07) is 7.65. The summed E-state index contributed by atoms with van der Waals surface area (Å²) in [6.07, 6.45) is 5.32. The maximum Gasteiger partial charge on any atom is 0.316 e. The lowest BCUT2D eigenvalue weighted by Gasteiger charge is -2.39. The molecule has 0 aromatic heterocycles. The smallest absolute Gasteiger partial charge is 0.316 e. The van der Waals surface area contributed by atoms with Gasteiger partial charge in [-0.15, -0.1) is 0 Å². The molecule has 1 amide bonds. The van der Waals surface area contributed by atoms with Crippen LogP contribution in [0.4, 0.5) is 5.69 Å². The molecule has 3 aliphatic rings. The van der Waals surface area contributed by atoms with Gasteiger partial charge in [-0.05, 0) is 62.9 Å². The van der Waals surface area contributed by atoms with E-state index < -0.39 is 5.41 Å². The van der Waals surface area contributed by atoms with Crippen molar-refractivity contribution in [3.05, 3.63) is 29.8 Å². The molecule has 1 unspecified atom stereocenters. The first-order valence-corrected chi connectivity index (χ1v) is 9.91. The van der Waals surface area contributed by atoms with Crippen LogP contribution in [0, 0.1) is 5.92 Å². The van der Waals surface area contributed by atoms with E-state index in [2.05, 4.69) is 10.6 Å². The van der Waals surface area contributed by atoms with E-state index in [4.69, 9.17) is 9.47 Å². The van der Waals surface area contributed by atoms with E-state index in [1.54, 1.807) is 0 Å². The minimum atomic E-state index is -0.550. The summed E-state index contributed by atoms with van der Waals surface area (Å²) >= 11 is 0. The average Bonchev–Trinajstić information content (AvgIpc) is 3.05. The third-order valence-corrected chi connectivity index (χ3v) is 6.56. The molecular formula is C21H28N2O4. The first kappa shape index (κ1) is 18.4. The van der Waals surface area contributed by atoms with Gasteiger partial charge < -0.3 is 20.1 Å². The molecular weight excluding hydrogens is 344 g/mol. The first-order valence-electron chi connectivity index (χ1n) is 9.91. The number of amides is 1. The molecule has 1 spiro atoms. The Kier molecular flexibility index (Phi) is 4.95. The van der Waals surface area contributed by atoms with Gasteiger partial charge in [-0.1, -0.05) is 18.6 Å². The van der Waals surface area contributed by atoms with Crippen molar-refractivity contribution in [3.8, 4) is 0 Å². The molecule has 1 aromatic rings. The van der Waals surface area contributed by atoms with E-state index in [-0.39, 0.29) is 23.4 Å². The van der Waals surface area contributed by atoms with Crippen LogP contribution in [0.5, 0.6) is 0 Å². The SMILES string of the molecule is COC(=O)C1(c2cccc(NC(=O)C3COC4(CCNCC4)C3)c2)CCC1. The van der Waals surface area contributed by atoms with Crippen LogP contribution >= 0.6 is 0 Å². The number of benzene rings is 1. The van der Waals surface area contributed by atoms with Gasteiger partial charge in [-0.25, -0.2) is 0 Å². The number of hydrogen-bond donors (Lipinski definition) is 2. The van der Waals surface area contributed by atoms with Crippen molar-refractivity contribution in [2.75, 3.05) is 32.1 Å². The molecule has 1 aliphatic carbocycles. The Hall–Kier alpha value is -1.92. The minimum Gasteiger partial charge on any atom is -0.468 e. The zero-order valence-corrected chi connectivity index (χ0v) is 15.9. The van der Waals surface area contributed by atoms with Crippen molar-refractivity contribution in [1.29, 1.82) is 0 Å². The standard InChI is InChI=1S/C21H28N2O4/c1-26-19(25)21(6-3-7-21)16-4-2-5-17(12-16)23-18(24)15-13-20(27-14-15)8-10-22-11-9-20/h2,4-5,12,15,22H,3,6-11,13-14H2,1H3,(H,23,24). The van der Waals surface area contributed by atoms with E-state index in [9.17, 15) is 9.59 Å². The third kappa shape index (κ3) is 3.36. The molecule has 3 fully saturated rings. The fourth-order valence-electron chi connectivity index (χ4n) is 4.72. The second-order valence-electron chi connectivity index (χ2n) is 8.14. The highest BCUT2D eigenvalue weighted by molar-refractivity contribution is 5.93. The van der Waals surface area contributed by atoms with Crippen LogP contribution in [0.15, 0.2) is 24.3 Å². The summed E-state index contributed by atoms with van der Waals surface area (Å²) in [6.45, 7) is 2.38. The fraction of sp³-hybridized carbons (Fsp3) is 0.619. The summed E-state index contributed by atoms with van der Waals surface area (Å²) in [5, 5.41) is 6.38. The Bertz CT molecular complexity index is 723. The molecule has 1 saturated carbocycles. The van der Waals surface area contributed by atoms with Gasteiger partial charge in [0.05, 0.1) is 30.7 Å². The van der Waals surface area contributed by atoms with E-state index in [0.29, 0.717) is 6.61 Å². The number of piperidine rings is 1. The van der Waals surface area contributed by atoms with E-state index >= 15 is 0 Å². The molecule has 2 heterocycles. The fourth-order valence-corrected chi connectivity index (χ4v) is 4.72. The molecule has 2 saturated heterocycles. The average molecular weight is 372 g/mol. The number of nitrogens with one attached hydrogen (secondary N) is 2.